The molecule has 36 heavy (non-hydrogen) atoms. The normalized spacial score (nSPS) is 20.9. The van der Waals surface area contributed by atoms with E-state index >= 15 is 0 Å². The summed E-state index contributed by atoms with van der Waals surface area (Å²) in [5, 5.41) is 2.85. The van der Waals surface area contributed by atoms with Crippen molar-refractivity contribution in [3.8, 4) is 5.75 Å². The van der Waals surface area contributed by atoms with Crippen molar-refractivity contribution in [2.75, 3.05) is 30.4 Å². The molecule has 1 amide bonds. The van der Waals surface area contributed by atoms with E-state index in [1.807, 2.05) is 30.3 Å². The fourth-order valence-corrected chi connectivity index (χ4v) is 5.91. The number of amides is 1. The summed E-state index contributed by atoms with van der Waals surface area (Å²) in [6.07, 6.45) is 1.97. The highest BCUT2D eigenvalue weighted by Gasteiger charge is 2.53. The van der Waals surface area contributed by atoms with Gasteiger partial charge in [-0.25, -0.2) is 4.79 Å². The van der Waals surface area contributed by atoms with Crippen LogP contribution in [0, 0.1) is 6.92 Å². The highest BCUT2D eigenvalue weighted by atomic mass is 16.6. The van der Waals surface area contributed by atoms with Gasteiger partial charge in [0.25, 0.3) is 0 Å². The predicted octanol–water partition coefficient (Wildman–Crippen LogP) is 6.71. The minimum atomic E-state index is -0.466. The average molecular weight is 484 g/mol. The van der Waals surface area contributed by atoms with Crippen molar-refractivity contribution in [1.82, 2.24) is 4.90 Å². The average Bonchev–Trinajstić information content (AvgIpc) is 3.30. The number of anilines is 2. The number of likely N-dealkylation sites (tertiary alicyclic amines) is 1. The standard InChI is InChI=1S/C31H37N3O2/c1-21(2)24-10-12-25(13-11-24)32-30(35)36-26-14-15-28-27(20-26)31(4)17-19-34(29(31)33(28)5)18-16-23-8-6-22(3)7-9-23/h6-15,20-21,29H,16-19H2,1-5H3,(H,32,35)/t29-,31-/m0/s1. The van der Waals surface area contributed by atoms with Crippen molar-refractivity contribution in [2.24, 2.45) is 0 Å². The Morgan fingerprint density at radius 1 is 1.08 bits per heavy atom. The number of benzene rings is 3. The minimum absolute atomic E-state index is 0.000117. The topological polar surface area (TPSA) is 44.8 Å². The van der Waals surface area contributed by atoms with Gasteiger partial charge in [-0.05, 0) is 72.7 Å². The summed E-state index contributed by atoms with van der Waals surface area (Å²) in [5.74, 6) is 1.04. The van der Waals surface area contributed by atoms with Gasteiger partial charge in [0.2, 0.25) is 0 Å². The first-order chi connectivity index (χ1) is 17.2. The number of nitrogens with one attached hydrogen (secondary N) is 1. The molecule has 188 valence electrons. The molecule has 2 atom stereocenters. The van der Waals surface area contributed by atoms with Crippen molar-refractivity contribution < 1.29 is 9.53 Å². The number of hydrogen-bond acceptors (Lipinski definition) is 4. The molecule has 5 nitrogen and oxygen atoms in total. The molecule has 0 aliphatic carbocycles. The number of ether oxygens (including phenoxy) is 1. The fourth-order valence-electron chi connectivity index (χ4n) is 5.91. The van der Waals surface area contributed by atoms with E-state index < -0.39 is 6.09 Å². The quantitative estimate of drug-likeness (QED) is 0.423. The lowest BCUT2D eigenvalue weighted by molar-refractivity contribution is 0.215. The summed E-state index contributed by atoms with van der Waals surface area (Å²) in [5.41, 5.74) is 7.14. The number of likely N-dealkylation sites (N-methyl/N-ethyl adjacent to an activating group) is 1. The van der Waals surface area contributed by atoms with Crippen LogP contribution in [0.2, 0.25) is 0 Å². The maximum atomic E-state index is 12.6. The molecule has 3 aromatic carbocycles. The largest absolute Gasteiger partial charge is 0.417 e. The van der Waals surface area contributed by atoms with E-state index in [-0.39, 0.29) is 5.41 Å². The van der Waals surface area contributed by atoms with Crippen molar-refractivity contribution in [2.45, 2.75) is 58.0 Å². The fraction of sp³-hybridized carbons (Fsp3) is 0.387. The van der Waals surface area contributed by atoms with Gasteiger partial charge in [0.05, 0.1) is 6.17 Å². The molecular formula is C31H37N3O2. The molecule has 0 aromatic heterocycles. The molecule has 5 rings (SSSR count). The van der Waals surface area contributed by atoms with Gasteiger partial charge in [-0.15, -0.1) is 0 Å². The third-order valence-corrected chi connectivity index (χ3v) is 8.01. The van der Waals surface area contributed by atoms with Crippen LogP contribution in [0.25, 0.3) is 0 Å². The first-order valence-corrected chi connectivity index (χ1v) is 13.0. The molecule has 0 spiro atoms. The monoisotopic (exact) mass is 483 g/mol. The summed E-state index contributed by atoms with van der Waals surface area (Å²) in [6, 6.07) is 22.8. The Labute approximate surface area is 215 Å². The van der Waals surface area contributed by atoms with Gasteiger partial charge in [0.15, 0.2) is 0 Å². The lowest BCUT2D eigenvalue weighted by atomic mass is 9.81. The predicted molar refractivity (Wildman–Crippen MR) is 147 cm³/mol. The lowest BCUT2D eigenvalue weighted by Crippen LogP contribution is -2.47. The van der Waals surface area contributed by atoms with Gasteiger partial charge in [-0.1, -0.05) is 62.7 Å². The van der Waals surface area contributed by atoms with E-state index in [9.17, 15) is 4.79 Å². The number of fused-ring (bicyclic) bond motifs is 3. The second-order valence-corrected chi connectivity index (χ2v) is 10.9. The highest BCUT2D eigenvalue weighted by Crippen LogP contribution is 2.52. The molecule has 2 heterocycles. The van der Waals surface area contributed by atoms with Crippen LogP contribution in [0.3, 0.4) is 0 Å². The molecule has 5 heteroatoms. The minimum Gasteiger partial charge on any atom is -0.410 e. The van der Waals surface area contributed by atoms with Crippen molar-refractivity contribution in [3.05, 3.63) is 89.0 Å². The maximum absolute atomic E-state index is 12.6. The Morgan fingerprint density at radius 2 is 1.81 bits per heavy atom. The van der Waals surface area contributed by atoms with Crippen LogP contribution < -0.4 is 15.0 Å². The van der Waals surface area contributed by atoms with Crippen LogP contribution in [-0.2, 0) is 11.8 Å². The van der Waals surface area contributed by atoms with Gasteiger partial charge in [0.1, 0.15) is 5.75 Å². The molecule has 3 aromatic rings. The number of carbonyl (C=O) groups is 1. The Balaban J connectivity index is 1.27. The third-order valence-electron chi connectivity index (χ3n) is 8.01. The van der Waals surface area contributed by atoms with Crippen LogP contribution in [-0.4, -0.2) is 37.3 Å². The van der Waals surface area contributed by atoms with E-state index in [1.54, 1.807) is 0 Å². The molecule has 0 bridgehead atoms. The SMILES string of the molecule is Cc1ccc(CCN2CC[C@@]3(C)c4cc(OC(=O)Nc5ccc(C(C)C)cc5)ccc4N(C)[C@@H]23)cc1. The van der Waals surface area contributed by atoms with Gasteiger partial charge in [-0.2, -0.15) is 0 Å². The van der Waals surface area contributed by atoms with Gasteiger partial charge in [0, 0.05) is 36.9 Å². The Bertz CT molecular complexity index is 1240. The van der Waals surface area contributed by atoms with E-state index in [0.29, 0.717) is 17.8 Å². The molecule has 0 saturated carbocycles. The zero-order chi connectivity index (χ0) is 25.4. The smallest absolute Gasteiger partial charge is 0.410 e. The highest BCUT2D eigenvalue weighted by molar-refractivity contribution is 5.86. The molecule has 0 unspecified atom stereocenters. The second-order valence-electron chi connectivity index (χ2n) is 10.9. The van der Waals surface area contributed by atoms with E-state index in [1.165, 1.54) is 27.9 Å². The zero-order valence-corrected chi connectivity index (χ0v) is 22.0. The molecule has 1 saturated heterocycles. The van der Waals surface area contributed by atoms with Gasteiger partial charge < -0.3 is 9.64 Å². The molecule has 1 N–H and O–H groups in total. The molecule has 1 fully saturated rings. The van der Waals surface area contributed by atoms with Crippen LogP contribution >= 0.6 is 0 Å². The Hall–Kier alpha value is -3.31. The Kier molecular flexibility index (Phi) is 6.52. The molecule has 0 radical (unpaired) electrons. The first kappa shape index (κ1) is 24.4. The number of nitrogens with zero attached hydrogens (tertiary/aromatic N) is 2. The zero-order valence-electron chi connectivity index (χ0n) is 22.0. The first-order valence-electron chi connectivity index (χ1n) is 13.0. The van der Waals surface area contributed by atoms with Gasteiger partial charge in [-0.3, -0.25) is 10.2 Å². The van der Waals surface area contributed by atoms with E-state index in [0.717, 1.165) is 31.6 Å². The summed E-state index contributed by atoms with van der Waals surface area (Å²) in [7, 11) is 2.19. The molecule has 2 aliphatic rings. The molecular weight excluding hydrogens is 446 g/mol. The number of aryl methyl sites for hydroxylation is 1. The van der Waals surface area contributed by atoms with Crippen molar-refractivity contribution in [1.29, 1.82) is 0 Å². The summed E-state index contributed by atoms with van der Waals surface area (Å²) in [4.78, 5) is 17.6. The summed E-state index contributed by atoms with van der Waals surface area (Å²) < 4.78 is 5.71. The summed E-state index contributed by atoms with van der Waals surface area (Å²) in [6.45, 7) is 10.9. The van der Waals surface area contributed by atoms with E-state index in [2.05, 4.69) is 86.3 Å². The van der Waals surface area contributed by atoms with Crippen LogP contribution in [0.1, 0.15) is 55.4 Å². The van der Waals surface area contributed by atoms with Gasteiger partial charge >= 0.3 is 6.09 Å². The van der Waals surface area contributed by atoms with Crippen LogP contribution in [0.15, 0.2) is 66.7 Å². The van der Waals surface area contributed by atoms with Crippen LogP contribution in [0.4, 0.5) is 16.2 Å². The number of hydrogen-bond donors (Lipinski definition) is 1. The van der Waals surface area contributed by atoms with E-state index in [4.69, 9.17) is 4.74 Å². The van der Waals surface area contributed by atoms with Crippen LogP contribution in [0.5, 0.6) is 5.75 Å². The Morgan fingerprint density at radius 3 is 2.50 bits per heavy atom. The third kappa shape index (κ3) is 4.60. The number of carbonyl (C=O) groups excluding carboxylic acids is 1. The van der Waals surface area contributed by atoms with Crippen molar-refractivity contribution >= 4 is 17.5 Å². The lowest BCUT2D eigenvalue weighted by Gasteiger charge is -2.34. The maximum Gasteiger partial charge on any atom is 0.417 e. The summed E-state index contributed by atoms with van der Waals surface area (Å²) >= 11 is 0. The second kappa shape index (κ2) is 9.62. The molecule has 2 aliphatic heterocycles. The van der Waals surface area contributed by atoms with Crippen molar-refractivity contribution in [3.63, 3.8) is 0 Å². The number of rotatable bonds is 6.